The van der Waals surface area contributed by atoms with Gasteiger partial charge in [-0.15, -0.1) is 0 Å². The standard InChI is InChI=1S/C14H20FN/c1-10(2)11-7-12(9-13(15)8-11)14(3)5-4-6-16-14/h7-10,16H,4-6H2,1-3H3. The molecule has 0 saturated carbocycles. The molecule has 1 unspecified atom stereocenters. The minimum absolute atomic E-state index is 0.0360. The zero-order chi connectivity index (χ0) is 11.8. The van der Waals surface area contributed by atoms with E-state index >= 15 is 0 Å². The highest BCUT2D eigenvalue weighted by molar-refractivity contribution is 5.32. The molecule has 2 heteroatoms. The second-order valence-electron chi connectivity index (χ2n) is 5.29. The van der Waals surface area contributed by atoms with Gasteiger partial charge >= 0.3 is 0 Å². The number of benzene rings is 1. The van der Waals surface area contributed by atoms with Crippen LogP contribution in [0.4, 0.5) is 4.39 Å². The lowest BCUT2D eigenvalue weighted by Gasteiger charge is -2.26. The normalized spacial score (nSPS) is 25.3. The van der Waals surface area contributed by atoms with E-state index in [4.69, 9.17) is 0 Å². The van der Waals surface area contributed by atoms with Crippen molar-refractivity contribution in [3.8, 4) is 0 Å². The van der Waals surface area contributed by atoms with Gasteiger partial charge in [0.15, 0.2) is 0 Å². The van der Waals surface area contributed by atoms with Crippen LogP contribution in [0.1, 0.15) is 50.7 Å². The van der Waals surface area contributed by atoms with Crippen molar-refractivity contribution >= 4 is 0 Å². The minimum Gasteiger partial charge on any atom is -0.308 e. The Bertz CT molecular complexity index is 378. The minimum atomic E-state index is -0.115. The molecule has 0 aliphatic carbocycles. The summed E-state index contributed by atoms with van der Waals surface area (Å²) in [5, 5.41) is 3.48. The van der Waals surface area contributed by atoms with Crippen LogP contribution in [0.3, 0.4) is 0 Å². The Morgan fingerprint density at radius 3 is 2.62 bits per heavy atom. The van der Waals surface area contributed by atoms with E-state index in [2.05, 4.69) is 32.2 Å². The van der Waals surface area contributed by atoms with Gasteiger partial charge in [-0.25, -0.2) is 4.39 Å². The molecular weight excluding hydrogens is 201 g/mol. The molecule has 1 N–H and O–H groups in total. The monoisotopic (exact) mass is 221 g/mol. The highest BCUT2D eigenvalue weighted by atomic mass is 19.1. The summed E-state index contributed by atoms with van der Waals surface area (Å²) in [4.78, 5) is 0. The topological polar surface area (TPSA) is 12.0 Å². The van der Waals surface area contributed by atoms with Gasteiger partial charge in [-0.1, -0.05) is 19.9 Å². The van der Waals surface area contributed by atoms with Crippen molar-refractivity contribution in [2.24, 2.45) is 0 Å². The average molecular weight is 221 g/mol. The molecule has 1 aromatic carbocycles. The van der Waals surface area contributed by atoms with E-state index < -0.39 is 0 Å². The lowest BCUT2D eigenvalue weighted by molar-refractivity contribution is 0.431. The molecule has 1 aromatic rings. The van der Waals surface area contributed by atoms with Gasteiger partial charge in [0.05, 0.1) is 0 Å². The first kappa shape index (κ1) is 11.6. The summed E-state index contributed by atoms with van der Waals surface area (Å²) in [6, 6.07) is 5.46. The largest absolute Gasteiger partial charge is 0.308 e. The molecule has 0 bridgehead atoms. The predicted octanol–water partition coefficient (Wildman–Crippen LogP) is 3.55. The van der Waals surface area contributed by atoms with Gasteiger partial charge in [0, 0.05) is 5.54 Å². The Labute approximate surface area is 97.1 Å². The quantitative estimate of drug-likeness (QED) is 0.805. The summed E-state index contributed by atoms with van der Waals surface area (Å²) in [5.41, 5.74) is 2.14. The van der Waals surface area contributed by atoms with E-state index in [0.717, 1.165) is 24.1 Å². The molecule has 1 heterocycles. The zero-order valence-corrected chi connectivity index (χ0v) is 10.3. The molecule has 0 spiro atoms. The van der Waals surface area contributed by atoms with E-state index in [9.17, 15) is 4.39 Å². The predicted molar refractivity (Wildman–Crippen MR) is 65.1 cm³/mol. The summed E-state index contributed by atoms with van der Waals surface area (Å²) in [6.45, 7) is 7.40. The lowest BCUT2D eigenvalue weighted by Crippen LogP contribution is -2.33. The fourth-order valence-electron chi connectivity index (χ4n) is 2.41. The maximum Gasteiger partial charge on any atom is 0.123 e. The van der Waals surface area contributed by atoms with E-state index in [0.29, 0.717) is 5.92 Å². The molecular formula is C14H20FN. The summed E-state index contributed by atoms with van der Waals surface area (Å²) in [5.74, 6) is 0.260. The third-order valence-corrected chi connectivity index (χ3v) is 3.59. The Morgan fingerprint density at radius 1 is 1.31 bits per heavy atom. The number of halogens is 1. The number of nitrogens with one attached hydrogen (secondary N) is 1. The first-order valence-corrected chi connectivity index (χ1v) is 6.07. The molecule has 1 nitrogen and oxygen atoms in total. The maximum atomic E-state index is 13.6. The first-order valence-electron chi connectivity index (χ1n) is 6.07. The number of rotatable bonds is 2. The van der Waals surface area contributed by atoms with Crippen LogP contribution in [0.25, 0.3) is 0 Å². The van der Waals surface area contributed by atoms with Crippen molar-refractivity contribution in [3.05, 3.63) is 35.1 Å². The van der Waals surface area contributed by atoms with Gasteiger partial charge in [-0.05, 0) is 55.5 Å². The van der Waals surface area contributed by atoms with Crippen LogP contribution in [0.2, 0.25) is 0 Å². The van der Waals surface area contributed by atoms with Crippen LogP contribution in [-0.4, -0.2) is 6.54 Å². The molecule has 0 aromatic heterocycles. The van der Waals surface area contributed by atoms with Crippen molar-refractivity contribution in [1.82, 2.24) is 5.32 Å². The van der Waals surface area contributed by atoms with Crippen LogP contribution in [0.5, 0.6) is 0 Å². The molecule has 1 fully saturated rings. The number of hydrogen-bond donors (Lipinski definition) is 1. The second-order valence-corrected chi connectivity index (χ2v) is 5.29. The fraction of sp³-hybridized carbons (Fsp3) is 0.571. The summed E-state index contributed by atoms with van der Waals surface area (Å²) < 4.78 is 13.6. The van der Waals surface area contributed by atoms with Crippen LogP contribution < -0.4 is 5.32 Å². The molecule has 0 radical (unpaired) electrons. The fourth-order valence-corrected chi connectivity index (χ4v) is 2.41. The van der Waals surface area contributed by atoms with Gasteiger partial charge < -0.3 is 5.32 Å². The van der Waals surface area contributed by atoms with Crippen molar-refractivity contribution < 1.29 is 4.39 Å². The Balaban J connectivity index is 2.40. The molecule has 0 amide bonds. The van der Waals surface area contributed by atoms with Gasteiger partial charge in [0.2, 0.25) is 0 Å². The molecule has 1 aliphatic rings. The summed E-state index contributed by atoms with van der Waals surface area (Å²) in [7, 11) is 0. The third-order valence-electron chi connectivity index (χ3n) is 3.59. The molecule has 16 heavy (non-hydrogen) atoms. The molecule has 1 aliphatic heterocycles. The zero-order valence-electron chi connectivity index (χ0n) is 10.3. The molecule has 88 valence electrons. The molecule has 1 atom stereocenters. The van der Waals surface area contributed by atoms with Crippen molar-refractivity contribution in [2.75, 3.05) is 6.54 Å². The van der Waals surface area contributed by atoms with E-state index in [1.807, 2.05) is 0 Å². The van der Waals surface area contributed by atoms with Gasteiger partial charge in [0.1, 0.15) is 5.82 Å². The van der Waals surface area contributed by atoms with Crippen LogP contribution in [0, 0.1) is 5.82 Å². The smallest absolute Gasteiger partial charge is 0.123 e. The second kappa shape index (κ2) is 4.17. The first-order chi connectivity index (χ1) is 7.51. The lowest BCUT2D eigenvalue weighted by atomic mass is 9.87. The average Bonchev–Trinajstić information content (AvgIpc) is 2.65. The van der Waals surface area contributed by atoms with Crippen molar-refractivity contribution in [3.63, 3.8) is 0 Å². The summed E-state index contributed by atoms with van der Waals surface area (Å²) in [6.07, 6.45) is 2.26. The van der Waals surface area contributed by atoms with Crippen molar-refractivity contribution in [2.45, 2.75) is 45.1 Å². The van der Waals surface area contributed by atoms with E-state index in [1.165, 1.54) is 6.42 Å². The highest BCUT2D eigenvalue weighted by Crippen LogP contribution is 2.32. The Morgan fingerprint density at radius 2 is 2.06 bits per heavy atom. The summed E-state index contributed by atoms with van der Waals surface area (Å²) >= 11 is 0. The van der Waals surface area contributed by atoms with Gasteiger partial charge in [0.25, 0.3) is 0 Å². The Kier molecular flexibility index (Phi) is 3.02. The Hall–Kier alpha value is -0.890. The highest BCUT2D eigenvalue weighted by Gasteiger charge is 2.30. The van der Waals surface area contributed by atoms with Crippen LogP contribution in [0.15, 0.2) is 18.2 Å². The van der Waals surface area contributed by atoms with Crippen LogP contribution in [-0.2, 0) is 5.54 Å². The van der Waals surface area contributed by atoms with Gasteiger partial charge in [-0.2, -0.15) is 0 Å². The van der Waals surface area contributed by atoms with E-state index in [1.54, 1.807) is 12.1 Å². The van der Waals surface area contributed by atoms with Gasteiger partial charge in [-0.3, -0.25) is 0 Å². The van der Waals surface area contributed by atoms with E-state index in [-0.39, 0.29) is 11.4 Å². The molecule has 2 rings (SSSR count). The third kappa shape index (κ3) is 2.12. The maximum absolute atomic E-state index is 13.6. The molecule has 1 saturated heterocycles. The van der Waals surface area contributed by atoms with Crippen molar-refractivity contribution in [1.29, 1.82) is 0 Å². The number of hydrogen-bond acceptors (Lipinski definition) is 1. The SMILES string of the molecule is CC(C)c1cc(F)cc(C2(C)CCCN2)c1. The van der Waals surface area contributed by atoms with Crippen LogP contribution >= 0.6 is 0 Å².